The van der Waals surface area contributed by atoms with Gasteiger partial charge >= 0.3 is 0 Å². The van der Waals surface area contributed by atoms with E-state index in [1.165, 1.54) is 24.0 Å². The lowest BCUT2D eigenvalue weighted by atomic mass is 9.98. The van der Waals surface area contributed by atoms with E-state index in [0.29, 0.717) is 25.7 Å². The maximum Gasteiger partial charge on any atom is 0.157 e. The van der Waals surface area contributed by atoms with Crippen molar-refractivity contribution in [1.29, 1.82) is 0 Å². The van der Waals surface area contributed by atoms with Crippen LogP contribution in [0.1, 0.15) is 56.6 Å². The van der Waals surface area contributed by atoms with Gasteiger partial charge in [-0.05, 0) is 42.7 Å². The van der Waals surface area contributed by atoms with Crippen molar-refractivity contribution >= 4 is 0 Å². The Morgan fingerprint density at radius 2 is 2.00 bits per heavy atom. The van der Waals surface area contributed by atoms with Gasteiger partial charge in [0.25, 0.3) is 0 Å². The van der Waals surface area contributed by atoms with Crippen LogP contribution >= 0.6 is 0 Å². The van der Waals surface area contributed by atoms with Crippen LogP contribution in [0.4, 0.5) is 0 Å². The third kappa shape index (κ3) is 5.77. The molecule has 1 fully saturated rings. The summed E-state index contributed by atoms with van der Waals surface area (Å²) in [5.41, 5.74) is 2.62. The zero-order chi connectivity index (χ0) is 14.9. The van der Waals surface area contributed by atoms with E-state index >= 15 is 0 Å². The SMILES string of the molecule is CCC(C)c1ccc(COCCOC2CCCCO2)cc1. The Labute approximate surface area is 128 Å². The van der Waals surface area contributed by atoms with E-state index in [1.807, 2.05) is 0 Å². The molecule has 1 saturated heterocycles. The van der Waals surface area contributed by atoms with Crippen molar-refractivity contribution in [2.45, 2.75) is 58.3 Å². The maximum atomic E-state index is 5.66. The second kappa shape index (κ2) is 9.19. The Morgan fingerprint density at radius 1 is 1.19 bits per heavy atom. The third-order valence-electron chi connectivity index (χ3n) is 4.10. The number of rotatable bonds is 8. The summed E-state index contributed by atoms with van der Waals surface area (Å²) in [6, 6.07) is 8.73. The maximum absolute atomic E-state index is 5.66. The van der Waals surface area contributed by atoms with Gasteiger partial charge in [0.2, 0.25) is 0 Å². The lowest BCUT2D eigenvalue weighted by Gasteiger charge is -2.22. The van der Waals surface area contributed by atoms with E-state index in [0.717, 1.165) is 19.4 Å². The fourth-order valence-corrected chi connectivity index (χ4v) is 2.45. The number of hydrogen-bond donors (Lipinski definition) is 0. The van der Waals surface area contributed by atoms with Gasteiger partial charge in [0.15, 0.2) is 6.29 Å². The van der Waals surface area contributed by atoms with Crippen molar-refractivity contribution in [2.75, 3.05) is 19.8 Å². The Balaban J connectivity index is 1.59. The highest BCUT2D eigenvalue weighted by molar-refractivity contribution is 5.24. The molecule has 0 saturated carbocycles. The highest BCUT2D eigenvalue weighted by atomic mass is 16.7. The zero-order valence-corrected chi connectivity index (χ0v) is 13.3. The molecular weight excluding hydrogens is 264 g/mol. The summed E-state index contributed by atoms with van der Waals surface area (Å²) < 4.78 is 16.8. The van der Waals surface area contributed by atoms with Gasteiger partial charge < -0.3 is 14.2 Å². The van der Waals surface area contributed by atoms with Gasteiger partial charge in [0.05, 0.1) is 19.8 Å². The molecule has 118 valence electrons. The van der Waals surface area contributed by atoms with Crippen LogP contribution < -0.4 is 0 Å². The first kappa shape index (κ1) is 16.5. The minimum Gasteiger partial charge on any atom is -0.374 e. The molecule has 2 unspecified atom stereocenters. The van der Waals surface area contributed by atoms with E-state index < -0.39 is 0 Å². The van der Waals surface area contributed by atoms with Crippen molar-refractivity contribution in [3.8, 4) is 0 Å². The van der Waals surface area contributed by atoms with Gasteiger partial charge in [-0.25, -0.2) is 0 Å². The van der Waals surface area contributed by atoms with Gasteiger partial charge in [0, 0.05) is 6.61 Å². The number of ether oxygens (including phenoxy) is 3. The van der Waals surface area contributed by atoms with Gasteiger partial charge in [-0.15, -0.1) is 0 Å². The molecule has 1 aliphatic heterocycles. The monoisotopic (exact) mass is 292 g/mol. The Hall–Kier alpha value is -0.900. The molecule has 0 amide bonds. The molecule has 0 spiro atoms. The summed E-state index contributed by atoms with van der Waals surface area (Å²) in [6.45, 7) is 7.18. The lowest BCUT2D eigenvalue weighted by Crippen LogP contribution is -2.23. The van der Waals surface area contributed by atoms with E-state index in [4.69, 9.17) is 14.2 Å². The summed E-state index contributed by atoms with van der Waals surface area (Å²) in [5, 5.41) is 0. The highest BCUT2D eigenvalue weighted by Crippen LogP contribution is 2.19. The summed E-state index contributed by atoms with van der Waals surface area (Å²) in [7, 11) is 0. The molecule has 1 aromatic rings. The van der Waals surface area contributed by atoms with Crippen molar-refractivity contribution in [3.63, 3.8) is 0 Å². The standard InChI is InChI=1S/C18H28O3/c1-3-15(2)17-9-7-16(8-10-17)14-19-12-13-21-18-6-4-5-11-20-18/h7-10,15,18H,3-6,11-14H2,1-2H3. The van der Waals surface area contributed by atoms with E-state index in [2.05, 4.69) is 38.1 Å². The molecule has 3 heteroatoms. The second-order valence-corrected chi connectivity index (χ2v) is 5.77. The fourth-order valence-electron chi connectivity index (χ4n) is 2.45. The van der Waals surface area contributed by atoms with Crippen molar-refractivity contribution < 1.29 is 14.2 Å². The largest absolute Gasteiger partial charge is 0.374 e. The van der Waals surface area contributed by atoms with E-state index in [9.17, 15) is 0 Å². The molecule has 0 aromatic heterocycles. The Morgan fingerprint density at radius 3 is 2.67 bits per heavy atom. The minimum absolute atomic E-state index is 0.0165. The predicted octanol–water partition coefficient (Wildman–Crippen LogP) is 4.26. The first-order valence-corrected chi connectivity index (χ1v) is 8.19. The smallest absolute Gasteiger partial charge is 0.157 e. The summed E-state index contributed by atoms with van der Waals surface area (Å²) in [4.78, 5) is 0. The quantitative estimate of drug-likeness (QED) is 0.670. The lowest BCUT2D eigenvalue weighted by molar-refractivity contribution is -0.169. The van der Waals surface area contributed by atoms with Crippen LogP contribution in [0.5, 0.6) is 0 Å². The second-order valence-electron chi connectivity index (χ2n) is 5.77. The molecule has 21 heavy (non-hydrogen) atoms. The van der Waals surface area contributed by atoms with Gasteiger partial charge in [-0.1, -0.05) is 38.1 Å². The van der Waals surface area contributed by atoms with Crippen molar-refractivity contribution in [1.82, 2.24) is 0 Å². The molecule has 2 atom stereocenters. The van der Waals surface area contributed by atoms with Crippen LogP contribution in [-0.2, 0) is 20.8 Å². The van der Waals surface area contributed by atoms with Crippen LogP contribution in [0.15, 0.2) is 24.3 Å². The molecule has 0 bridgehead atoms. The van der Waals surface area contributed by atoms with Crippen LogP contribution in [0.25, 0.3) is 0 Å². The Kier molecular flexibility index (Phi) is 7.20. The average molecular weight is 292 g/mol. The van der Waals surface area contributed by atoms with E-state index in [-0.39, 0.29) is 6.29 Å². The zero-order valence-electron chi connectivity index (χ0n) is 13.3. The van der Waals surface area contributed by atoms with Crippen LogP contribution in [0, 0.1) is 0 Å². The van der Waals surface area contributed by atoms with Gasteiger partial charge in [0.1, 0.15) is 0 Å². The van der Waals surface area contributed by atoms with Crippen LogP contribution in [0.3, 0.4) is 0 Å². The Bertz CT molecular complexity index is 382. The third-order valence-corrected chi connectivity index (χ3v) is 4.10. The summed E-state index contributed by atoms with van der Waals surface area (Å²) >= 11 is 0. The average Bonchev–Trinajstić information content (AvgIpc) is 2.55. The van der Waals surface area contributed by atoms with Gasteiger partial charge in [-0.3, -0.25) is 0 Å². The van der Waals surface area contributed by atoms with Crippen LogP contribution in [0.2, 0.25) is 0 Å². The predicted molar refractivity (Wildman–Crippen MR) is 84.3 cm³/mol. The minimum atomic E-state index is -0.0165. The fraction of sp³-hybridized carbons (Fsp3) is 0.667. The summed E-state index contributed by atoms with van der Waals surface area (Å²) in [5.74, 6) is 0.629. The molecular formula is C18H28O3. The molecule has 1 aliphatic rings. The van der Waals surface area contributed by atoms with Gasteiger partial charge in [-0.2, -0.15) is 0 Å². The molecule has 0 aliphatic carbocycles. The molecule has 0 N–H and O–H groups in total. The van der Waals surface area contributed by atoms with Crippen molar-refractivity contribution in [3.05, 3.63) is 35.4 Å². The molecule has 1 aromatic carbocycles. The molecule has 1 heterocycles. The molecule has 0 radical (unpaired) electrons. The first-order chi connectivity index (χ1) is 10.3. The summed E-state index contributed by atoms with van der Waals surface area (Å²) in [6.07, 6.45) is 4.53. The van der Waals surface area contributed by atoms with Crippen LogP contribution in [-0.4, -0.2) is 26.1 Å². The first-order valence-electron chi connectivity index (χ1n) is 8.19. The number of benzene rings is 1. The number of hydrogen-bond acceptors (Lipinski definition) is 3. The molecule has 2 rings (SSSR count). The van der Waals surface area contributed by atoms with E-state index in [1.54, 1.807) is 0 Å². The normalized spacial score (nSPS) is 20.4. The highest BCUT2D eigenvalue weighted by Gasteiger charge is 2.13. The molecule has 3 nitrogen and oxygen atoms in total. The topological polar surface area (TPSA) is 27.7 Å². The van der Waals surface area contributed by atoms with Crippen molar-refractivity contribution in [2.24, 2.45) is 0 Å².